The molecule has 2 aromatic rings. The number of amides is 1. The third kappa shape index (κ3) is 2.47. The Kier molecular flexibility index (Phi) is 3.15. The highest BCUT2D eigenvalue weighted by Gasteiger charge is 2.10. The van der Waals surface area contributed by atoms with Crippen molar-refractivity contribution in [1.29, 1.82) is 0 Å². The van der Waals surface area contributed by atoms with E-state index in [1.54, 1.807) is 31.3 Å². The van der Waals surface area contributed by atoms with Gasteiger partial charge < -0.3 is 11.1 Å². The first-order valence-corrected chi connectivity index (χ1v) is 5.56. The fourth-order valence-electron chi connectivity index (χ4n) is 1.55. The van der Waals surface area contributed by atoms with Crippen LogP contribution in [0.15, 0.2) is 30.5 Å². The summed E-state index contributed by atoms with van der Waals surface area (Å²) < 4.78 is 0. The third-order valence-corrected chi connectivity index (χ3v) is 2.74. The summed E-state index contributed by atoms with van der Waals surface area (Å²) in [6.45, 7) is 1.71. The number of carbonyl (C=O) groups is 1. The molecule has 4 nitrogen and oxygen atoms in total. The molecular formula is C12H12ClN3O. The molecule has 1 aromatic heterocycles. The molecule has 1 unspecified atom stereocenters. The van der Waals surface area contributed by atoms with Gasteiger partial charge in [-0.15, -0.1) is 0 Å². The van der Waals surface area contributed by atoms with E-state index in [1.165, 1.54) is 0 Å². The van der Waals surface area contributed by atoms with Crippen LogP contribution in [0.3, 0.4) is 0 Å². The molecule has 2 rings (SSSR count). The lowest BCUT2D eigenvalue weighted by Gasteiger charge is -2.13. The van der Waals surface area contributed by atoms with E-state index in [2.05, 4.69) is 10.3 Å². The highest BCUT2D eigenvalue weighted by Crippen LogP contribution is 2.24. The molecule has 0 saturated heterocycles. The number of carbonyl (C=O) groups excluding carboxylic acids is 1. The number of nitrogens with zero attached hydrogens (tertiary/aromatic N) is 1. The lowest BCUT2D eigenvalue weighted by molar-refractivity contribution is -0.118. The number of nitrogens with one attached hydrogen (secondary N) is 1. The van der Waals surface area contributed by atoms with Crippen LogP contribution in [0, 0.1) is 0 Å². The number of hydrogen-bond donors (Lipinski definition) is 2. The SMILES string of the molecule is CC(Nc1ccnc2cc(Cl)ccc12)C(N)=O. The molecule has 0 aliphatic carbocycles. The molecule has 0 fully saturated rings. The van der Waals surface area contributed by atoms with Crippen molar-refractivity contribution in [1.82, 2.24) is 4.98 Å². The molecule has 0 aliphatic rings. The minimum absolute atomic E-state index is 0.399. The fourth-order valence-corrected chi connectivity index (χ4v) is 1.72. The van der Waals surface area contributed by atoms with Crippen molar-refractivity contribution in [3.05, 3.63) is 35.5 Å². The molecule has 1 aromatic carbocycles. The normalized spacial score (nSPS) is 12.4. The Labute approximate surface area is 104 Å². The summed E-state index contributed by atoms with van der Waals surface area (Å²) in [4.78, 5) is 15.2. The van der Waals surface area contributed by atoms with Crippen LogP contribution in [0.25, 0.3) is 10.9 Å². The Balaban J connectivity index is 2.44. The van der Waals surface area contributed by atoms with Gasteiger partial charge in [-0.3, -0.25) is 9.78 Å². The number of rotatable bonds is 3. The first-order valence-electron chi connectivity index (χ1n) is 5.18. The Morgan fingerprint density at radius 1 is 1.47 bits per heavy atom. The van der Waals surface area contributed by atoms with Crippen LogP contribution in [-0.4, -0.2) is 16.9 Å². The van der Waals surface area contributed by atoms with Gasteiger partial charge in [-0.25, -0.2) is 0 Å². The number of primary amides is 1. The van der Waals surface area contributed by atoms with E-state index in [0.717, 1.165) is 16.6 Å². The van der Waals surface area contributed by atoms with Crippen molar-refractivity contribution in [3.8, 4) is 0 Å². The largest absolute Gasteiger partial charge is 0.373 e. The van der Waals surface area contributed by atoms with Gasteiger partial charge in [0.2, 0.25) is 5.91 Å². The molecule has 5 heteroatoms. The fraction of sp³-hybridized carbons (Fsp3) is 0.167. The molecule has 1 heterocycles. The van der Waals surface area contributed by atoms with E-state index in [0.29, 0.717) is 5.02 Å². The monoisotopic (exact) mass is 249 g/mol. The zero-order valence-electron chi connectivity index (χ0n) is 9.27. The second kappa shape index (κ2) is 4.59. The van der Waals surface area contributed by atoms with Gasteiger partial charge in [0.1, 0.15) is 6.04 Å². The summed E-state index contributed by atoms with van der Waals surface area (Å²) in [6, 6.07) is 6.79. The van der Waals surface area contributed by atoms with Gasteiger partial charge in [-0.2, -0.15) is 0 Å². The van der Waals surface area contributed by atoms with Crippen LogP contribution >= 0.6 is 11.6 Å². The molecule has 0 bridgehead atoms. The van der Waals surface area contributed by atoms with Crippen molar-refractivity contribution >= 4 is 34.1 Å². The number of halogens is 1. The minimum atomic E-state index is -0.434. The average molecular weight is 250 g/mol. The maximum atomic E-state index is 11.0. The number of pyridine rings is 1. The first-order chi connectivity index (χ1) is 8.08. The minimum Gasteiger partial charge on any atom is -0.373 e. The number of fused-ring (bicyclic) bond motifs is 1. The summed E-state index contributed by atoms with van der Waals surface area (Å²) in [5.41, 5.74) is 6.81. The van der Waals surface area contributed by atoms with Crippen molar-refractivity contribution < 1.29 is 4.79 Å². The highest BCUT2D eigenvalue weighted by atomic mass is 35.5. The smallest absolute Gasteiger partial charge is 0.239 e. The van der Waals surface area contributed by atoms with Crippen LogP contribution in [-0.2, 0) is 4.79 Å². The quantitative estimate of drug-likeness (QED) is 0.876. The van der Waals surface area contributed by atoms with Gasteiger partial charge in [0, 0.05) is 22.3 Å². The van der Waals surface area contributed by atoms with Crippen LogP contribution in [0.5, 0.6) is 0 Å². The molecule has 0 radical (unpaired) electrons. The van der Waals surface area contributed by atoms with E-state index in [-0.39, 0.29) is 0 Å². The molecule has 0 spiro atoms. The predicted molar refractivity (Wildman–Crippen MR) is 69.0 cm³/mol. The first kappa shape index (κ1) is 11.7. The van der Waals surface area contributed by atoms with Crippen LogP contribution in [0.2, 0.25) is 5.02 Å². The van der Waals surface area contributed by atoms with Gasteiger partial charge in [0.05, 0.1) is 5.52 Å². The van der Waals surface area contributed by atoms with Crippen LogP contribution in [0.4, 0.5) is 5.69 Å². The summed E-state index contributed by atoms with van der Waals surface area (Å²) >= 11 is 5.89. The lowest BCUT2D eigenvalue weighted by Crippen LogP contribution is -2.32. The Morgan fingerprint density at radius 3 is 2.94 bits per heavy atom. The third-order valence-electron chi connectivity index (χ3n) is 2.50. The van der Waals surface area contributed by atoms with Crippen molar-refractivity contribution in [2.24, 2.45) is 5.73 Å². The molecule has 88 valence electrons. The molecule has 0 saturated carbocycles. The summed E-state index contributed by atoms with van der Waals surface area (Å²) in [5.74, 6) is -0.399. The molecule has 3 N–H and O–H groups in total. The second-order valence-corrected chi connectivity index (χ2v) is 4.22. The van der Waals surface area contributed by atoms with E-state index in [9.17, 15) is 4.79 Å². The van der Waals surface area contributed by atoms with E-state index >= 15 is 0 Å². The van der Waals surface area contributed by atoms with Gasteiger partial charge in [-0.1, -0.05) is 11.6 Å². The van der Waals surface area contributed by atoms with Crippen molar-refractivity contribution in [2.75, 3.05) is 5.32 Å². The van der Waals surface area contributed by atoms with Gasteiger partial charge in [0.25, 0.3) is 0 Å². The van der Waals surface area contributed by atoms with Crippen molar-refractivity contribution in [3.63, 3.8) is 0 Å². The van der Waals surface area contributed by atoms with Crippen LogP contribution in [0.1, 0.15) is 6.92 Å². The van der Waals surface area contributed by atoms with E-state index in [1.807, 2.05) is 6.07 Å². The van der Waals surface area contributed by atoms with Gasteiger partial charge in [-0.05, 0) is 31.2 Å². The zero-order valence-corrected chi connectivity index (χ0v) is 10.0. The second-order valence-electron chi connectivity index (χ2n) is 3.79. The Morgan fingerprint density at radius 2 is 2.24 bits per heavy atom. The number of nitrogens with two attached hydrogens (primary N) is 1. The molecule has 0 aliphatic heterocycles. The number of anilines is 1. The van der Waals surface area contributed by atoms with Crippen LogP contribution < -0.4 is 11.1 Å². The maximum absolute atomic E-state index is 11.0. The molecular weight excluding hydrogens is 238 g/mol. The maximum Gasteiger partial charge on any atom is 0.239 e. The molecule has 17 heavy (non-hydrogen) atoms. The number of benzene rings is 1. The van der Waals surface area contributed by atoms with Gasteiger partial charge >= 0.3 is 0 Å². The summed E-state index contributed by atoms with van der Waals surface area (Å²) in [5, 5.41) is 4.58. The lowest BCUT2D eigenvalue weighted by atomic mass is 10.1. The summed E-state index contributed by atoms with van der Waals surface area (Å²) in [7, 11) is 0. The number of aromatic nitrogens is 1. The zero-order chi connectivity index (χ0) is 12.4. The number of hydrogen-bond acceptors (Lipinski definition) is 3. The summed E-state index contributed by atoms with van der Waals surface area (Å²) in [6.07, 6.45) is 1.66. The predicted octanol–water partition coefficient (Wildman–Crippen LogP) is 2.17. The standard InChI is InChI=1S/C12H12ClN3O/c1-7(12(14)17)16-10-4-5-15-11-6-8(13)2-3-9(10)11/h2-7H,1H3,(H2,14,17)(H,15,16). The molecule has 1 atom stereocenters. The van der Waals surface area contributed by atoms with Gasteiger partial charge in [0.15, 0.2) is 0 Å². The van der Waals surface area contributed by atoms with E-state index in [4.69, 9.17) is 17.3 Å². The van der Waals surface area contributed by atoms with Crippen molar-refractivity contribution in [2.45, 2.75) is 13.0 Å². The average Bonchev–Trinajstić information content (AvgIpc) is 2.28. The molecule has 1 amide bonds. The Bertz CT molecular complexity index is 571. The van der Waals surface area contributed by atoms with E-state index < -0.39 is 11.9 Å². The highest BCUT2D eigenvalue weighted by molar-refractivity contribution is 6.31. The topological polar surface area (TPSA) is 68.0 Å². The Hall–Kier alpha value is -1.81.